The Morgan fingerprint density at radius 2 is 1.35 bits per heavy atom. The van der Waals surface area contributed by atoms with Gasteiger partial charge in [0.2, 0.25) is 0 Å². The summed E-state index contributed by atoms with van der Waals surface area (Å²) in [6.07, 6.45) is 5.66. The van der Waals surface area contributed by atoms with Crippen molar-refractivity contribution in [2.24, 2.45) is 0 Å². The molecule has 2 aromatic heterocycles. The fourth-order valence-corrected chi connectivity index (χ4v) is 5.22. The molecule has 0 fully saturated rings. The first-order chi connectivity index (χ1) is 19.7. The molecule has 6 nitrogen and oxygen atoms in total. The summed E-state index contributed by atoms with van der Waals surface area (Å²) in [5, 5.41) is 2.77. The number of rotatable bonds is 9. The van der Waals surface area contributed by atoms with Crippen molar-refractivity contribution in [3.05, 3.63) is 126 Å². The Kier molecular flexibility index (Phi) is 6.98. The minimum absolute atomic E-state index is 0.325. The maximum absolute atomic E-state index is 6.98. The molecule has 6 aromatic rings. The number of hydrogen-bond acceptors (Lipinski definition) is 5. The number of aromatic nitrogens is 2. The molecule has 0 N–H and O–H groups in total. The second-order valence-corrected chi connectivity index (χ2v) is 9.52. The lowest BCUT2D eigenvalue weighted by Crippen LogP contribution is -2.10. The standard InChI is InChI=1S/C34H30N2O4/c1-37-26-17-16-25(30(19-26)38-2)20-36-21-28-29(22-36)34(31-27(33(28)39-3)15-10-18-35-31)40-32(23-11-6-4-7-12-23)24-13-8-5-9-14-24/h4-19,21-22,32H,20H2,1-3H3. The van der Waals surface area contributed by atoms with Crippen molar-refractivity contribution in [2.75, 3.05) is 21.3 Å². The average molecular weight is 531 g/mol. The number of benzene rings is 4. The minimum Gasteiger partial charge on any atom is -0.497 e. The lowest BCUT2D eigenvalue weighted by atomic mass is 10.0. The highest BCUT2D eigenvalue weighted by Gasteiger charge is 2.23. The van der Waals surface area contributed by atoms with Gasteiger partial charge >= 0.3 is 0 Å². The molecular weight excluding hydrogens is 500 g/mol. The molecule has 0 aliphatic carbocycles. The minimum atomic E-state index is -0.325. The van der Waals surface area contributed by atoms with Gasteiger partial charge in [-0.2, -0.15) is 0 Å². The van der Waals surface area contributed by atoms with E-state index in [4.69, 9.17) is 23.9 Å². The van der Waals surface area contributed by atoms with Gasteiger partial charge in [0.15, 0.2) is 5.75 Å². The number of pyridine rings is 1. The molecule has 0 bridgehead atoms. The Morgan fingerprint density at radius 3 is 1.98 bits per heavy atom. The van der Waals surface area contributed by atoms with Crippen molar-refractivity contribution in [1.82, 2.24) is 9.55 Å². The van der Waals surface area contributed by atoms with E-state index in [2.05, 4.69) is 41.2 Å². The number of hydrogen-bond donors (Lipinski definition) is 0. The molecule has 2 heterocycles. The fraction of sp³-hybridized carbons (Fsp3) is 0.147. The summed E-state index contributed by atoms with van der Waals surface area (Å²) < 4.78 is 26.1. The van der Waals surface area contributed by atoms with E-state index in [0.717, 1.165) is 55.6 Å². The second kappa shape index (κ2) is 11.0. The van der Waals surface area contributed by atoms with Crippen LogP contribution in [0.5, 0.6) is 23.0 Å². The van der Waals surface area contributed by atoms with Gasteiger partial charge in [-0.15, -0.1) is 0 Å². The molecule has 0 spiro atoms. The molecule has 6 rings (SSSR count). The quantitative estimate of drug-likeness (QED) is 0.195. The third kappa shape index (κ3) is 4.69. The summed E-state index contributed by atoms with van der Waals surface area (Å²) in [5.74, 6) is 2.99. The molecule has 0 aliphatic heterocycles. The van der Waals surface area contributed by atoms with Crippen LogP contribution in [-0.2, 0) is 6.54 Å². The lowest BCUT2D eigenvalue weighted by molar-refractivity contribution is 0.253. The largest absolute Gasteiger partial charge is 0.497 e. The Hall–Kier alpha value is -4.97. The zero-order valence-corrected chi connectivity index (χ0v) is 22.7. The van der Waals surface area contributed by atoms with Crippen LogP contribution in [0.25, 0.3) is 21.7 Å². The van der Waals surface area contributed by atoms with Crippen LogP contribution >= 0.6 is 0 Å². The smallest absolute Gasteiger partial charge is 0.156 e. The third-order valence-electron chi connectivity index (χ3n) is 7.13. The third-order valence-corrected chi connectivity index (χ3v) is 7.13. The topological polar surface area (TPSA) is 54.7 Å². The van der Waals surface area contributed by atoms with E-state index in [9.17, 15) is 0 Å². The number of methoxy groups -OCH3 is 3. The molecule has 200 valence electrons. The van der Waals surface area contributed by atoms with Crippen LogP contribution in [0.3, 0.4) is 0 Å². The first-order valence-electron chi connectivity index (χ1n) is 13.1. The maximum atomic E-state index is 6.98. The van der Waals surface area contributed by atoms with Crippen molar-refractivity contribution < 1.29 is 18.9 Å². The first kappa shape index (κ1) is 25.3. The fourth-order valence-electron chi connectivity index (χ4n) is 5.22. The molecule has 0 amide bonds. The van der Waals surface area contributed by atoms with Crippen LogP contribution in [-0.4, -0.2) is 30.9 Å². The van der Waals surface area contributed by atoms with E-state index in [0.29, 0.717) is 12.3 Å². The van der Waals surface area contributed by atoms with Gasteiger partial charge < -0.3 is 23.5 Å². The Morgan fingerprint density at radius 1 is 0.675 bits per heavy atom. The molecule has 0 unspecified atom stereocenters. The van der Waals surface area contributed by atoms with Gasteiger partial charge in [0.05, 0.1) is 27.9 Å². The van der Waals surface area contributed by atoms with Gasteiger partial charge in [-0.3, -0.25) is 4.98 Å². The SMILES string of the molecule is COc1ccc(Cn2cc3c(OC)c4cccnc4c(OC(c4ccccc4)c4ccccc4)c3c2)c(OC)c1. The monoisotopic (exact) mass is 530 g/mol. The van der Waals surface area contributed by atoms with Gasteiger partial charge in [0.25, 0.3) is 0 Å². The van der Waals surface area contributed by atoms with Gasteiger partial charge in [-0.1, -0.05) is 60.7 Å². The summed E-state index contributed by atoms with van der Waals surface area (Å²) in [4.78, 5) is 4.77. The zero-order chi connectivity index (χ0) is 27.5. The van der Waals surface area contributed by atoms with Crippen molar-refractivity contribution in [3.8, 4) is 23.0 Å². The molecule has 0 saturated heterocycles. The highest BCUT2D eigenvalue weighted by atomic mass is 16.5. The first-order valence-corrected chi connectivity index (χ1v) is 13.1. The van der Waals surface area contributed by atoms with Crippen LogP contribution in [0.2, 0.25) is 0 Å². The highest BCUT2D eigenvalue weighted by molar-refractivity contribution is 6.09. The normalized spacial score (nSPS) is 11.2. The number of fused-ring (bicyclic) bond motifs is 2. The Labute approximate surface area is 233 Å². The number of nitrogens with zero attached hydrogens (tertiary/aromatic N) is 2. The van der Waals surface area contributed by atoms with E-state index >= 15 is 0 Å². The molecule has 0 aliphatic rings. The lowest BCUT2D eigenvalue weighted by Gasteiger charge is -2.22. The molecule has 4 aromatic carbocycles. The van der Waals surface area contributed by atoms with E-state index in [1.807, 2.05) is 66.7 Å². The van der Waals surface area contributed by atoms with Crippen molar-refractivity contribution in [2.45, 2.75) is 12.6 Å². The highest BCUT2D eigenvalue weighted by Crippen LogP contribution is 2.44. The molecular formula is C34H30N2O4. The van der Waals surface area contributed by atoms with E-state index in [1.54, 1.807) is 27.5 Å². The van der Waals surface area contributed by atoms with Crippen molar-refractivity contribution >= 4 is 21.7 Å². The van der Waals surface area contributed by atoms with Gasteiger partial charge in [0.1, 0.15) is 28.9 Å². The van der Waals surface area contributed by atoms with Crippen LogP contribution in [0.1, 0.15) is 22.8 Å². The summed E-state index contributed by atoms with van der Waals surface area (Å²) in [6.45, 7) is 0.592. The van der Waals surface area contributed by atoms with Gasteiger partial charge in [0, 0.05) is 46.4 Å². The molecule has 0 atom stereocenters. The molecule has 0 radical (unpaired) electrons. The Balaban J connectivity index is 1.53. The van der Waals surface area contributed by atoms with Gasteiger partial charge in [-0.25, -0.2) is 0 Å². The average Bonchev–Trinajstić information content (AvgIpc) is 3.43. The van der Waals surface area contributed by atoms with E-state index in [1.165, 1.54) is 0 Å². The summed E-state index contributed by atoms with van der Waals surface area (Å²) >= 11 is 0. The van der Waals surface area contributed by atoms with E-state index < -0.39 is 0 Å². The van der Waals surface area contributed by atoms with Crippen LogP contribution in [0.4, 0.5) is 0 Å². The predicted molar refractivity (Wildman–Crippen MR) is 158 cm³/mol. The van der Waals surface area contributed by atoms with Crippen molar-refractivity contribution in [3.63, 3.8) is 0 Å². The summed E-state index contributed by atoms with van der Waals surface area (Å²) in [6, 6.07) is 30.4. The Bertz CT molecular complexity index is 1720. The molecule has 6 heteroatoms. The predicted octanol–water partition coefficient (Wildman–Crippen LogP) is 7.43. The van der Waals surface area contributed by atoms with Crippen molar-refractivity contribution in [1.29, 1.82) is 0 Å². The van der Waals surface area contributed by atoms with Gasteiger partial charge in [-0.05, 0) is 35.4 Å². The number of ether oxygens (including phenoxy) is 4. The van der Waals surface area contributed by atoms with Crippen LogP contribution in [0, 0.1) is 0 Å². The van der Waals surface area contributed by atoms with E-state index in [-0.39, 0.29) is 6.10 Å². The van der Waals surface area contributed by atoms with Crippen LogP contribution < -0.4 is 18.9 Å². The van der Waals surface area contributed by atoms with Crippen LogP contribution in [0.15, 0.2) is 110 Å². The summed E-state index contributed by atoms with van der Waals surface area (Å²) in [7, 11) is 5.02. The molecule has 40 heavy (non-hydrogen) atoms. The maximum Gasteiger partial charge on any atom is 0.156 e. The zero-order valence-electron chi connectivity index (χ0n) is 22.7. The summed E-state index contributed by atoms with van der Waals surface area (Å²) in [5.41, 5.74) is 3.90. The second-order valence-electron chi connectivity index (χ2n) is 9.52. The molecule has 0 saturated carbocycles.